The van der Waals surface area contributed by atoms with Gasteiger partial charge in [-0.15, -0.1) is 45.3 Å². The van der Waals surface area contributed by atoms with E-state index >= 15 is 0 Å². The zero-order valence-corrected chi connectivity index (χ0v) is 43.3. The summed E-state index contributed by atoms with van der Waals surface area (Å²) in [4.78, 5) is 32.7. The molecule has 0 aliphatic heterocycles. The number of aromatic nitrogens is 2. The minimum absolute atomic E-state index is 0.0537. The lowest BCUT2D eigenvalue weighted by molar-refractivity contribution is -0.119. The minimum Gasteiger partial charge on any atom is -0.487 e. The topological polar surface area (TPSA) is 209 Å². The van der Waals surface area contributed by atoms with Crippen LogP contribution in [-0.2, 0) is 9.47 Å². The molecule has 5 aromatic heterocycles. The minimum atomic E-state index is -0.0694. The summed E-state index contributed by atoms with van der Waals surface area (Å²) in [6, 6.07) is 15.1. The molecule has 66 heavy (non-hydrogen) atoms. The standard InChI is InChI=1S/C16H8N4S3.C12H8N4S3.C6H13BrO2.C6H6O2S.C3H4N2S/c1-18-14(16-20-5-7-22-16)9-13-3-2-12(23-13)8-11(10-17)15-19-4-6-21-15;1-16-10(12(15)18)5-9-3-2-8(19-9)4-7(6-13)11(14)17;1-3-8-6(5-7)9-4-2;1-8-6-3-2-5(4-7)9-6;1-5-2-3(4)6/h2-9H;2-5H,(H2,14,17)(H2,15,18);6H,3-5H2,1-2H3;2-4H,1H3;2H2,(H2,4,6)/b11-8+,14-9-;7-4+,10-5-;;;. The molecule has 0 aromatic carbocycles. The lowest BCUT2D eigenvalue weighted by Gasteiger charge is -2.12. The van der Waals surface area contributed by atoms with Gasteiger partial charge in [-0.2, -0.15) is 10.5 Å². The molecule has 14 nitrogen and oxygen atoms in total. The van der Waals surface area contributed by atoms with Crippen LogP contribution in [0.5, 0.6) is 5.06 Å². The van der Waals surface area contributed by atoms with Gasteiger partial charge in [-0.1, -0.05) is 63.9 Å². The number of thiophene rings is 3. The Kier molecular flexibility index (Phi) is 30.6. The van der Waals surface area contributed by atoms with Crippen LogP contribution < -0.4 is 21.9 Å². The number of thiocarbonyl (C=S) groups is 3. The number of nitriles is 2. The average Bonchev–Trinajstić information content (AvgIpc) is 4.18. The molecular weight excluding hydrogens is 1060 g/mol. The molecule has 5 aromatic rings. The molecule has 5 heterocycles. The predicted molar refractivity (Wildman–Crippen MR) is 288 cm³/mol. The zero-order chi connectivity index (χ0) is 49.3. The third-order valence-corrected chi connectivity index (χ3v) is 12.3. The smallest absolute Gasteiger partial charge is 0.263 e. The van der Waals surface area contributed by atoms with Gasteiger partial charge in [0.15, 0.2) is 22.6 Å². The molecule has 6 N–H and O–H groups in total. The Morgan fingerprint density at radius 1 is 0.788 bits per heavy atom. The number of aldehydes is 1. The highest BCUT2D eigenvalue weighted by atomic mass is 79.9. The summed E-state index contributed by atoms with van der Waals surface area (Å²) in [5.41, 5.74) is 17.3. The number of nitrogens with two attached hydrogens (primary N) is 3. The van der Waals surface area contributed by atoms with Gasteiger partial charge in [-0.05, 0) is 74.5 Å². The molecule has 0 atom stereocenters. The van der Waals surface area contributed by atoms with E-state index in [4.69, 9.17) is 80.8 Å². The van der Waals surface area contributed by atoms with Crippen LogP contribution in [0.3, 0.4) is 0 Å². The Labute approximate surface area is 428 Å². The lowest BCUT2D eigenvalue weighted by atomic mass is 10.2. The van der Waals surface area contributed by atoms with Gasteiger partial charge in [0, 0.05) is 55.9 Å². The van der Waals surface area contributed by atoms with Gasteiger partial charge in [0.05, 0.1) is 41.6 Å². The van der Waals surface area contributed by atoms with Crippen LogP contribution in [0.1, 0.15) is 53.0 Å². The highest BCUT2D eigenvalue weighted by molar-refractivity contribution is 9.09. The fourth-order valence-electron chi connectivity index (χ4n) is 4.00. The third-order valence-electron chi connectivity index (χ3n) is 6.73. The Bertz CT molecular complexity index is 2530. The molecular formula is C43H39BrN10O4S8. The van der Waals surface area contributed by atoms with Crippen LogP contribution in [0.4, 0.5) is 0 Å². The van der Waals surface area contributed by atoms with Crippen molar-refractivity contribution in [3.63, 3.8) is 0 Å². The molecule has 340 valence electrons. The molecule has 0 bridgehead atoms. The van der Waals surface area contributed by atoms with Crippen molar-refractivity contribution in [2.75, 3.05) is 32.2 Å². The molecule has 0 saturated carbocycles. The van der Waals surface area contributed by atoms with Crippen molar-refractivity contribution in [1.29, 1.82) is 10.5 Å². The second-order valence-corrected chi connectivity index (χ2v) is 18.5. The summed E-state index contributed by atoms with van der Waals surface area (Å²) in [5, 5.41) is 24.8. The summed E-state index contributed by atoms with van der Waals surface area (Å²) in [6.07, 6.45) is 11.0. The normalized spacial score (nSPS) is 10.7. The van der Waals surface area contributed by atoms with E-state index < -0.39 is 0 Å². The van der Waals surface area contributed by atoms with E-state index in [9.17, 15) is 10.1 Å². The number of methoxy groups -OCH3 is 1. The van der Waals surface area contributed by atoms with Crippen LogP contribution >= 0.6 is 109 Å². The summed E-state index contributed by atoms with van der Waals surface area (Å²) in [7, 11) is 1.58. The number of nitrogens with zero attached hydrogens (tertiary/aromatic N) is 7. The summed E-state index contributed by atoms with van der Waals surface area (Å²) in [5.74, 6) is 0. The average molecular weight is 1100 g/mol. The third kappa shape index (κ3) is 23.5. The van der Waals surface area contributed by atoms with Crippen LogP contribution in [0, 0.1) is 42.4 Å². The fourth-order valence-corrected chi connectivity index (χ4v) is 8.27. The zero-order valence-electron chi connectivity index (χ0n) is 35.2. The van der Waals surface area contributed by atoms with E-state index in [1.54, 1.807) is 55.9 Å². The van der Waals surface area contributed by atoms with Gasteiger partial charge < -0.3 is 36.3 Å². The van der Waals surface area contributed by atoms with Gasteiger partial charge in [-0.3, -0.25) is 9.78 Å². The number of carbonyl (C=O) groups is 1. The van der Waals surface area contributed by atoms with Crippen molar-refractivity contribution in [1.82, 2.24) is 9.97 Å². The van der Waals surface area contributed by atoms with E-state index in [0.717, 1.165) is 36.2 Å². The first kappa shape index (κ1) is 58.3. The van der Waals surface area contributed by atoms with Crippen LogP contribution in [-0.4, -0.2) is 69.7 Å². The number of alkyl halides is 1. The monoisotopic (exact) mass is 1090 g/mol. The van der Waals surface area contributed by atoms with E-state index in [2.05, 4.69) is 58.7 Å². The number of ether oxygens (including phenoxy) is 3. The van der Waals surface area contributed by atoms with Crippen LogP contribution in [0.25, 0.3) is 50.1 Å². The lowest BCUT2D eigenvalue weighted by Crippen LogP contribution is -2.18. The van der Waals surface area contributed by atoms with Crippen molar-refractivity contribution in [2.45, 2.75) is 20.1 Å². The Morgan fingerprint density at radius 2 is 1.33 bits per heavy atom. The molecule has 0 saturated heterocycles. The van der Waals surface area contributed by atoms with Gasteiger partial charge in [-0.25, -0.2) is 21.2 Å². The van der Waals surface area contributed by atoms with Crippen molar-refractivity contribution in [3.8, 4) is 17.2 Å². The Balaban J connectivity index is 0.000000451. The van der Waals surface area contributed by atoms with Gasteiger partial charge in [0.2, 0.25) is 11.4 Å². The second kappa shape index (κ2) is 34.6. The Morgan fingerprint density at radius 3 is 1.70 bits per heavy atom. The quantitative estimate of drug-likeness (QED) is 0.0160. The molecule has 5 rings (SSSR count). The van der Waals surface area contributed by atoms with Gasteiger partial charge in [0.25, 0.3) is 6.54 Å². The predicted octanol–water partition coefficient (Wildman–Crippen LogP) is 11.2. The first-order valence-corrected chi connectivity index (χ1v) is 24.8. The number of hydrogen-bond donors (Lipinski definition) is 3. The number of halogens is 1. The number of carbonyl (C=O) groups excluding carboxylic acids is 1. The molecule has 0 aliphatic rings. The van der Waals surface area contributed by atoms with E-state index in [-0.39, 0.29) is 39.1 Å². The summed E-state index contributed by atoms with van der Waals surface area (Å²) >= 11 is 24.3. The molecule has 0 spiro atoms. The van der Waals surface area contributed by atoms with E-state index in [1.807, 2.05) is 55.0 Å². The summed E-state index contributed by atoms with van der Waals surface area (Å²) in [6.45, 7) is 25.9. The maximum atomic E-state index is 10.1. The van der Waals surface area contributed by atoms with E-state index in [0.29, 0.717) is 39.4 Å². The molecule has 0 amide bonds. The van der Waals surface area contributed by atoms with E-state index in [1.165, 1.54) is 56.7 Å². The van der Waals surface area contributed by atoms with Crippen molar-refractivity contribution < 1.29 is 19.0 Å². The highest BCUT2D eigenvalue weighted by Crippen LogP contribution is 2.29. The molecule has 23 heteroatoms. The van der Waals surface area contributed by atoms with Gasteiger partial charge >= 0.3 is 0 Å². The largest absolute Gasteiger partial charge is 0.487 e. The molecule has 0 radical (unpaired) electrons. The van der Waals surface area contributed by atoms with Crippen molar-refractivity contribution in [2.24, 2.45) is 17.2 Å². The highest BCUT2D eigenvalue weighted by Gasteiger charge is 2.09. The number of rotatable bonds is 16. The Hall–Kier alpha value is -5.69. The SMILES string of the molecule is CCOC(CBr)OCC.COc1ccc(C=O)s1.[C-]#[N+]/C(=C\c1ccc(/C=C(\C#N)C(N)=S)s1)C(N)=S.[C-]#[N+]/C(=C\c1ccc(/C=C(\C#N)c2nccs2)s1)c1nccs1.[C-]#[N+]CC(N)=S. The van der Waals surface area contributed by atoms with Crippen molar-refractivity contribution in [3.05, 3.63) is 139 Å². The first-order valence-electron chi connectivity index (χ1n) is 18.3. The van der Waals surface area contributed by atoms with Crippen LogP contribution in [0.15, 0.2) is 70.8 Å². The summed E-state index contributed by atoms with van der Waals surface area (Å²) < 4.78 is 15.2. The maximum absolute atomic E-state index is 10.1. The maximum Gasteiger partial charge on any atom is 0.263 e. The number of allylic oxidation sites excluding steroid dienone is 1. The van der Waals surface area contributed by atoms with Gasteiger partial charge in [0.1, 0.15) is 32.1 Å². The van der Waals surface area contributed by atoms with Crippen molar-refractivity contribution >= 4 is 166 Å². The second-order valence-electron chi connectivity index (χ2n) is 11.3. The number of thiazole rings is 2. The fraction of sp³-hybridized carbons (Fsp3) is 0.186. The molecule has 0 unspecified atom stereocenters. The molecule has 0 aliphatic carbocycles. The first-order chi connectivity index (χ1) is 31.7. The molecule has 0 fully saturated rings. The van der Waals surface area contributed by atoms with Crippen LogP contribution in [0.2, 0.25) is 0 Å². The number of hydrogen-bond acceptors (Lipinski definition) is 16.